The highest BCUT2D eigenvalue weighted by Gasteiger charge is 2.16. The van der Waals surface area contributed by atoms with Crippen molar-refractivity contribution in [1.82, 2.24) is 0 Å². The van der Waals surface area contributed by atoms with Crippen LogP contribution >= 0.6 is 12.2 Å². The summed E-state index contributed by atoms with van der Waals surface area (Å²) in [6.07, 6.45) is 8.46. The smallest absolute Gasteiger partial charge is 0.0408 e. The van der Waals surface area contributed by atoms with E-state index in [1.165, 1.54) is 48.5 Å². The lowest BCUT2D eigenvalue weighted by atomic mass is 9.88. The maximum absolute atomic E-state index is 5.64. The van der Waals surface area contributed by atoms with E-state index < -0.39 is 0 Å². The molecule has 1 aromatic carbocycles. The molecular weight excluding hydrogens is 236 g/mol. The monoisotopic (exact) mass is 261 g/mol. The van der Waals surface area contributed by atoms with E-state index >= 15 is 0 Å². The summed E-state index contributed by atoms with van der Waals surface area (Å²) in [5, 5.41) is 0. The predicted molar refractivity (Wildman–Crippen MR) is 85.1 cm³/mol. The molecule has 0 aliphatic carbocycles. The van der Waals surface area contributed by atoms with E-state index in [-0.39, 0.29) is 0 Å². The third kappa shape index (κ3) is 5.30. The maximum Gasteiger partial charge on any atom is 0.0408 e. The molecule has 0 spiro atoms. The number of unbranched alkanes of at least 4 members (excludes halogenated alkanes) is 3. The second-order valence-corrected chi connectivity index (χ2v) is 5.32. The van der Waals surface area contributed by atoms with Gasteiger partial charge in [-0.15, -0.1) is 0 Å². The zero-order valence-corrected chi connectivity index (χ0v) is 12.6. The second-order valence-electron chi connectivity index (χ2n) is 4.83. The molecule has 0 bridgehead atoms. The summed E-state index contributed by atoms with van der Waals surface area (Å²) in [5.41, 5.74) is 1.33. The molecule has 1 heteroatoms. The first-order valence-corrected chi connectivity index (χ1v) is 7.64. The van der Waals surface area contributed by atoms with Gasteiger partial charge >= 0.3 is 0 Å². The first-order valence-electron chi connectivity index (χ1n) is 7.24. The number of benzene rings is 1. The van der Waals surface area contributed by atoms with E-state index in [9.17, 15) is 0 Å². The summed E-state index contributed by atoms with van der Waals surface area (Å²) in [6.45, 7) is 4.47. The van der Waals surface area contributed by atoms with Gasteiger partial charge in [-0.05, 0) is 24.8 Å². The van der Waals surface area contributed by atoms with Gasteiger partial charge in [0, 0.05) is 10.8 Å². The summed E-state index contributed by atoms with van der Waals surface area (Å²) in [7, 11) is 0. The lowest BCUT2D eigenvalue weighted by molar-refractivity contribution is 0.700. The summed E-state index contributed by atoms with van der Waals surface area (Å²) < 4.78 is 0. The van der Waals surface area contributed by atoms with E-state index in [0.717, 1.165) is 12.8 Å². The van der Waals surface area contributed by atoms with Crippen molar-refractivity contribution in [2.75, 3.05) is 0 Å². The second kappa shape index (κ2) is 9.27. The minimum atomic E-state index is 1.07. The highest BCUT2D eigenvalue weighted by Crippen LogP contribution is 2.25. The lowest BCUT2D eigenvalue weighted by Gasteiger charge is -2.18. The van der Waals surface area contributed by atoms with Crippen LogP contribution in [-0.4, -0.2) is 4.86 Å². The fraction of sp³-hybridized carbons (Fsp3) is 0.529. The SMILES string of the molecule is CCCCC[C](C(=S)CCCC)c1ccccc1. The Kier molecular flexibility index (Phi) is 7.91. The van der Waals surface area contributed by atoms with Gasteiger partial charge in [-0.3, -0.25) is 0 Å². The van der Waals surface area contributed by atoms with Gasteiger partial charge in [0.25, 0.3) is 0 Å². The van der Waals surface area contributed by atoms with Gasteiger partial charge < -0.3 is 0 Å². The third-order valence-electron chi connectivity index (χ3n) is 3.25. The van der Waals surface area contributed by atoms with Crippen LogP contribution in [0.4, 0.5) is 0 Å². The molecule has 0 unspecified atom stereocenters. The van der Waals surface area contributed by atoms with Crippen LogP contribution < -0.4 is 0 Å². The molecule has 0 nitrogen and oxygen atoms in total. The molecule has 0 atom stereocenters. The third-order valence-corrected chi connectivity index (χ3v) is 3.70. The number of thiocarbonyl (C=S) groups is 1. The lowest BCUT2D eigenvalue weighted by Crippen LogP contribution is -2.11. The van der Waals surface area contributed by atoms with Crippen LogP contribution in [0.15, 0.2) is 30.3 Å². The van der Waals surface area contributed by atoms with Crippen LogP contribution in [0.1, 0.15) is 64.4 Å². The Morgan fingerprint density at radius 3 is 2.17 bits per heavy atom. The molecule has 0 saturated carbocycles. The Bertz CT molecular complexity index is 329. The first kappa shape index (κ1) is 15.4. The molecule has 0 saturated heterocycles. The molecule has 1 aromatic rings. The molecule has 0 fully saturated rings. The molecule has 0 aromatic heterocycles. The summed E-state index contributed by atoms with van der Waals surface area (Å²) >= 11 is 5.64. The van der Waals surface area contributed by atoms with Gasteiger partial charge in [-0.1, -0.05) is 82.1 Å². The number of hydrogen-bond acceptors (Lipinski definition) is 1. The molecule has 0 aliphatic heterocycles. The zero-order chi connectivity index (χ0) is 13.2. The van der Waals surface area contributed by atoms with Gasteiger partial charge in [-0.2, -0.15) is 0 Å². The van der Waals surface area contributed by atoms with Crippen molar-refractivity contribution in [2.24, 2.45) is 0 Å². The number of rotatable bonds is 9. The van der Waals surface area contributed by atoms with Crippen molar-refractivity contribution in [2.45, 2.75) is 58.8 Å². The van der Waals surface area contributed by atoms with Gasteiger partial charge in [0.2, 0.25) is 0 Å². The highest BCUT2D eigenvalue weighted by atomic mass is 32.1. The van der Waals surface area contributed by atoms with Crippen LogP contribution in [0.25, 0.3) is 0 Å². The van der Waals surface area contributed by atoms with Crippen molar-refractivity contribution in [3.63, 3.8) is 0 Å². The van der Waals surface area contributed by atoms with Gasteiger partial charge in [0.15, 0.2) is 0 Å². The molecule has 18 heavy (non-hydrogen) atoms. The average Bonchev–Trinajstić information content (AvgIpc) is 2.42. The topological polar surface area (TPSA) is 0 Å². The minimum absolute atomic E-state index is 1.07. The average molecular weight is 261 g/mol. The zero-order valence-electron chi connectivity index (χ0n) is 11.7. The van der Waals surface area contributed by atoms with E-state index in [2.05, 4.69) is 44.2 Å². The molecule has 1 radical (unpaired) electrons. The number of hydrogen-bond donors (Lipinski definition) is 0. The van der Waals surface area contributed by atoms with E-state index in [4.69, 9.17) is 12.2 Å². The minimum Gasteiger partial charge on any atom is -0.0887 e. The van der Waals surface area contributed by atoms with Crippen molar-refractivity contribution in [1.29, 1.82) is 0 Å². The quantitative estimate of drug-likeness (QED) is 0.403. The van der Waals surface area contributed by atoms with Crippen LogP contribution in [0.2, 0.25) is 0 Å². The molecule has 99 valence electrons. The highest BCUT2D eigenvalue weighted by molar-refractivity contribution is 7.80. The van der Waals surface area contributed by atoms with Crippen LogP contribution in [-0.2, 0) is 0 Å². The van der Waals surface area contributed by atoms with E-state index in [0.29, 0.717) is 0 Å². The Morgan fingerprint density at radius 2 is 1.56 bits per heavy atom. The first-order chi connectivity index (χ1) is 8.79. The van der Waals surface area contributed by atoms with Crippen molar-refractivity contribution in [3.05, 3.63) is 41.8 Å². The van der Waals surface area contributed by atoms with Crippen LogP contribution in [0, 0.1) is 5.92 Å². The molecule has 0 aliphatic rings. The van der Waals surface area contributed by atoms with Gasteiger partial charge in [0.1, 0.15) is 0 Å². The predicted octanol–water partition coefficient (Wildman–Crippen LogP) is 5.75. The Labute approximate surface area is 118 Å². The molecule has 1 rings (SSSR count). The van der Waals surface area contributed by atoms with Crippen LogP contribution in [0.3, 0.4) is 0 Å². The van der Waals surface area contributed by atoms with Gasteiger partial charge in [0.05, 0.1) is 0 Å². The fourth-order valence-corrected chi connectivity index (χ4v) is 2.49. The van der Waals surface area contributed by atoms with Crippen molar-refractivity contribution in [3.8, 4) is 0 Å². The normalized spacial score (nSPS) is 10.8. The van der Waals surface area contributed by atoms with Gasteiger partial charge in [-0.25, -0.2) is 0 Å². The Morgan fingerprint density at radius 1 is 0.889 bits per heavy atom. The van der Waals surface area contributed by atoms with Crippen LogP contribution in [0.5, 0.6) is 0 Å². The molecule has 0 heterocycles. The molecule has 0 N–H and O–H groups in total. The maximum atomic E-state index is 5.64. The van der Waals surface area contributed by atoms with E-state index in [1.807, 2.05) is 0 Å². The van der Waals surface area contributed by atoms with Crippen molar-refractivity contribution < 1.29 is 0 Å². The van der Waals surface area contributed by atoms with E-state index in [1.54, 1.807) is 0 Å². The summed E-state index contributed by atoms with van der Waals surface area (Å²) in [5.74, 6) is 1.41. The molecular formula is C17H25S. The Balaban J connectivity index is 2.65. The summed E-state index contributed by atoms with van der Waals surface area (Å²) in [6, 6.07) is 10.7. The van der Waals surface area contributed by atoms with Crippen molar-refractivity contribution >= 4 is 17.1 Å². The summed E-state index contributed by atoms with van der Waals surface area (Å²) in [4.78, 5) is 1.18. The largest absolute Gasteiger partial charge is 0.0887 e. The molecule has 0 amide bonds. The standard InChI is InChI=1S/C17H25S/c1-3-5-8-13-16(17(18)14-6-4-2)15-11-9-7-10-12-15/h7,9-12H,3-6,8,13-14H2,1-2H3. The fourth-order valence-electron chi connectivity index (χ4n) is 2.12. The Hall–Kier alpha value is -0.690.